The smallest absolute Gasteiger partial charge is 0.294 e. The third-order valence-electron chi connectivity index (χ3n) is 4.91. The van der Waals surface area contributed by atoms with Gasteiger partial charge in [-0.2, -0.15) is 0 Å². The summed E-state index contributed by atoms with van der Waals surface area (Å²) in [6.45, 7) is -0.457. The lowest BCUT2D eigenvalue weighted by Crippen LogP contribution is -2.36. The van der Waals surface area contributed by atoms with Gasteiger partial charge in [0.05, 0.1) is 9.93 Å². The van der Waals surface area contributed by atoms with Gasteiger partial charge in [0.25, 0.3) is 11.1 Å². The standard InChI is InChI=1S/C25H17Cl2FN2O4S/c26-16-3-1-4-17(12-16)29-23(31)13-30-24(32)22(35-25(30)33)11-15-7-9-18(10-8-15)34-14-19-20(27)5-2-6-21(19)28/h1-12H,13-14H2,(H,29,31)/b22-11-. The molecule has 1 N–H and O–H groups in total. The minimum absolute atomic E-state index is 0.0407. The lowest BCUT2D eigenvalue weighted by atomic mass is 10.2. The average molecular weight is 531 g/mol. The van der Waals surface area contributed by atoms with Crippen molar-refractivity contribution in [1.29, 1.82) is 0 Å². The van der Waals surface area contributed by atoms with Gasteiger partial charge in [0, 0.05) is 16.3 Å². The topological polar surface area (TPSA) is 75.7 Å². The van der Waals surface area contributed by atoms with Crippen molar-refractivity contribution in [3.8, 4) is 5.75 Å². The first-order valence-electron chi connectivity index (χ1n) is 10.3. The van der Waals surface area contributed by atoms with Gasteiger partial charge in [0.2, 0.25) is 5.91 Å². The molecule has 1 saturated heterocycles. The van der Waals surface area contributed by atoms with E-state index in [1.807, 2.05) is 0 Å². The van der Waals surface area contributed by atoms with Crippen molar-refractivity contribution in [2.75, 3.05) is 11.9 Å². The Morgan fingerprint density at radius 3 is 2.51 bits per heavy atom. The number of nitrogens with one attached hydrogen (secondary N) is 1. The van der Waals surface area contributed by atoms with E-state index in [0.29, 0.717) is 22.0 Å². The minimum atomic E-state index is -0.559. The van der Waals surface area contributed by atoms with E-state index in [2.05, 4.69) is 5.32 Å². The number of rotatable bonds is 7. The molecule has 1 aliphatic heterocycles. The van der Waals surface area contributed by atoms with Crippen molar-refractivity contribution in [2.45, 2.75) is 6.61 Å². The number of thioether (sulfide) groups is 1. The maximum absolute atomic E-state index is 13.9. The SMILES string of the molecule is O=C(CN1C(=O)S/C(=C\c2ccc(OCc3c(F)cccc3Cl)cc2)C1=O)Nc1cccc(Cl)c1. The van der Waals surface area contributed by atoms with Crippen molar-refractivity contribution in [3.63, 3.8) is 0 Å². The number of amides is 3. The summed E-state index contributed by atoms with van der Waals surface area (Å²) in [7, 11) is 0. The lowest BCUT2D eigenvalue weighted by Gasteiger charge is -2.12. The zero-order chi connectivity index (χ0) is 24.9. The molecule has 0 bridgehead atoms. The van der Waals surface area contributed by atoms with Crippen LogP contribution in [0, 0.1) is 5.82 Å². The number of halogens is 3. The maximum atomic E-state index is 13.9. The summed E-state index contributed by atoms with van der Waals surface area (Å²) in [6, 6.07) is 17.7. The maximum Gasteiger partial charge on any atom is 0.294 e. The molecule has 10 heteroatoms. The molecule has 1 fully saturated rings. The zero-order valence-corrected chi connectivity index (χ0v) is 20.3. The summed E-state index contributed by atoms with van der Waals surface area (Å²) >= 11 is 12.7. The summed E-state index contributed by atoms with van der Waals surface area (Å²) in [4.78, 5) is 38.4. The quantitative estimate of drug-likeness (QED) is 0.358. The highest BCUT2D eigenvalue weighted by molar-refractivity contribution is 8.18. The third kappa shape index (κ3) is 6.22. The number of nitrogens with zero attached hydrogens (tertiary/aromatic N) is 1. The van der Waals surface area contributed by atoms with Gasteiger partial charge in [0.1, 0.15) is 24.7 Å². The van der Waals surface area contributed by atoms with E-state index in [-0.39, 0.29) is 22.1 Å². The van der Waals surface area contributed by atoms with Gasteiger partial charge < -0.3 is 10.1 Å². The van der Waals surface area contributed by atoms with Crippen molar-refractivity contribution >= 4 is 63.8 Å². The number of carbonyl (C=O) groups excluding carboxylic acids is 3. The number of benzene rings is 3. The van der Waals surface area contributed by atoms with E-state index >= 15 is 0 Å². The van der Waals surface area contributed by atoms with Crippen LogP contribution in [0.2, 0.25) is 10.0 Å². The molecule has 6 nitrogen and oxygen atoms in total. The van der Waals surface area contributed by atoms with Gasteiger partial charge in [-0.25, -0.2) is 4.39 Å². The van der Waals surface area contributed by atoms with Crippen molar-refractivity contribution in [2.24, 2.45) is 0 Å². The predicted octanol–water partition coefficient (Wildman–Crippen LogP) is 6.39. The normalized spacial score (nSPS) is 14.5. The number of ether oxygens (including phenoxy) is 1. The Morgan fingerprint density at radius 1 is 1.06 bits per heavy atom. The molecule has 0 spiro atoms. The van der Waals surface area contributed by atoms with E-state index in [1.165, 1.54) is 12.1 Å². The second-order valence-corrected chi connectivity index (χ2v) is 9.22. The molecular formula is C25H17Cl2FN2O4S. The van der Waals surface area contributed by atoms with Crippen LogP contribution in [0.5, 0.6) is 5.75 Å². The van der Waals surface area contributed by atoms with Crippen molar-refractivity contribution in [3.05, 3.63) is 98.6 Å². The molecule has 4 rings (SSSR count). The molecule has 0 atom stereocenters. The van der Waals surface area contributed by atoms with Crippen LogP contribution in [-0.2, 0) is 16.2 Å². The van der Waals surface area contributed by atoms with Crippen molar-refractivity contribution in [1.82, 2.24) is 4.90 Å². The van der Waals surface area contributed by atoms with Gasteiger partial charge in [-0.1, -0.05) is 47.5 Å². The Kier molecular flexibility index (Phi) is 7.75. The summed E-state index contributed by atoms with van der Waals surface area (Å²) in [5.41, 5.74) is 1.37. The highest BCUT2D eigenvalue weighted by Gasteiger charge is 2.36. The molecule has 0 aromatic heterocycles. The van der Waals surface area contributed by atoms with Crippen LogP contribution in [0.25, 0.3) is 6.08 Å². The van der Waals surface area contributed by atoms with Crippen LogP contribution in [0.15, 0.2) is 71.6 Å². The number of hydrogen-bond acceptors (Lipinski definition) is 5. The van der Waals surface area contributed by atoms with E-state index in [1.54, 1.807) is 60.7 Å². The molecule has 35 heavy (non-hydrogen) atoms. The van der Waals surface area contributed by atoms with Crippen LogP contribution >= 0.6 is 35.0 Å². The fourth-order valence-electron chi connectivity index (χ4n) is 3.18. The predicted molar refractivity (Wildman–Crippen MR) is 135 cm³/mol. The van der Waals surface area contributed by atoms with Gasteiger partial charge in [-0.05, 0) is 65.9 Å². The van der Waals surface area contributed by atoms with Gasteiger partial charge in [-0.15, -0.1) is 0 Å². The second-order valence-electron chi connectivity index (χ2n) is 7.38. The first kappa shape index (κ1) is 24.8. The Labute approximate surface area is 214 Å². The molecule has 0 radical (unpaired) electrons. The highest BCUT2D eigenvalue weighted by atomic mass is 35.5. The van der Waals surface area contributed by atoms with E-state index in [0.717, 1.165) is 16.7 Å². The van der Waals surface area contributed by atoms with Crippen molar-refractivity contribution < 1.29 is 23.5 Å². The largest absolute Gasteiger partial charge is 0.489 e. The average Bonchev–Trinajstić information content (AvgIpc) is 3.07. The van der Waals surface area contributed by atoms with Crippen LogP contribution in [-0.4, -0.2) is 28.5 Å². The fraction of sp³-hybridized carbons (Fsp3) is 0.0800. The van der Waals surface area contributed by atoms with Gasteiger partial charge in [-0.3, -0.25) is 19.3 Å². The molecule has 0 saturated carbocycles. The zero-order valence-electron chi connectivity index (χ0n) is 18.0. The molecule has 3 aromatic carbocycles. The molecule has 1 heterocycles. The van der Waals surface area contributed by atoms with E-state index in [9.17, 15) is 18.8 Å². The highest BCUT2D eigenvalue weighted by Crippen LogP contribution is 2.32. The molecule has 0 unspecified atom stereocenters. The number of anilines is 1. The van der Waals surface area contributed by atoms with Crippen LogP contribution in [0.1, 0.15) is 11.1 Å². The first-order chi connectivity index (χ1) is 16.8. The second kappa shape index (κ2) is 10.9. The van der Waals surface area contributed by atoms with Crippen LogP contribution in [0.3, 0.4) is 0 Å². The van der Waals surface area contributed by atoms with Gasteiger partial charge in [0.15, 0.2) is 0 Å². The summed E-state index contributed by atoms with van der Waals surface area (Å²) < 4.78 is 19.5. The Bertz CT molecular complexity index is 1310. The van der Waals surface area contributed by atoms with Gasteiger partial charge >= 0.3 is 0 Å². The summed E-state index contributed by atoms with van der Waals surface area (Å²) in [5, 5.41) is 2.80. The monoisotopic (exact) mass is 530 g/mol. The Hall–Kier alpha value is -3.33. The lowest BCUT2D eigenvalue weighted by molar-refractivity contribution is -0.127. The number of imide groups is 1. The van der Waals surface area contributed by atoms with E-state index < -0.39 is 29.4 Å². The Morgan fingerprint density at radius 2 is 1.80 bits per heavy atom. The molecule has 1 aliphatic rings. The molecule has 178 valence electrons. The number of hydrogen-bond donors (Lipinski definition) is 1. The third-order valence-corrected chi connectivity index (χ3v) is 6.40. The molecule has 3 aromatic rings. The minimum Gasteiger partial charge on any atom is -0.489 e. The molecule has 0 aliphatic carbocycles. The molecular weight excluding hydrogens is 514 g/mol. The van der Waals surface area contributed by atoms with Crippen LogP contribution < -0.4 is 10.1 Å². The Balaban J connectivity index is 1.37. The first-order valence-corrected chi connectivity index (χ1v) is 11.8. The van der Waals surface area contributed by atoms with E-state index in [4.69, 9.17) is 27.9 Å². The van der Waals surface area contributed by atoms with Crippen LogP contribution in [0.4, 0.5) is 14.9 Å². The fourth-order valence-corrected chi connectivity index (χ4v) is 4.43. The molecule has 3 amide bonds. The summed E-state index contributed by atoms with van der Waals surface area (Å²) in [6.07, 6.45) is 1.55. The summed E-state index contributed by atoms with van der Waals surface area (Å²) in [5.74, 6) is -1.05. The number of carbonyl (C=O) groups is 3.